The first kappa shape index (κ1) is 17.8. The van der Waals surface area contributed by atoms with E-state index < -0.39 is 0 Å². The zero-order valence-electron chi connectivity index (χ0n) is 16.5. The molecule has 2 aliphatic rings. The van der Waals surface area contributed by atoms with Crippen LogP contribution < -0.4 is 19.7 Å². The summed E-state index contributed by atoms with van der Waals surface area (Å²) in [6.07, 6.45) is 5.67. The molecule has 0 unspecified atom stereocenters. The number of hydrogen-bond donors (Lipinski definition) is 1. The van der Waals surface area contributed by atoms with Crippen molar-refractivity contribution in [2.24, 2.45) is 0 Å². The SMILES string of the molecule is CCCOc1cc2c(c3c1NCC(c1ccc(OC)cc1)=C3)CCCN2C. The molecule has 0 saturated heterocycles. The molecule has 0 saturated carbocycles. The van der Waals surface area contributed by atoms with Crippen LogP contribution >= 0.6 is 0 Å². The molecule has 0 aromatic heterocycles. The summed E-state index contributed by atoms with van der Waals surface area (Å²) in [6.45, 7) is 4.79. The van der Waals surface area contributed by atoms with Crippen molar-refractivity contribution in [3.8, 4) is 11.5 Å². The summed E-state index contributed by atoms with van der Waals surface area (Å²) in [7, 11) is 3.88. The van der Waals surface area contributed by atoms with Crippen LogP contribution in [0.2, 0.25) is 0 Å². The van der Waals surface area contributed by atoms with Crippen molar-refractivity contribution in [3.05, 3.63) is 47.0 Å². The van der Waals surface area contributed by atoms with E-state index in [1.54, 1.807) is 7.11 Å². The van der Waals surface area contributed by atoms with Crippen molar-refractivity contribution < 1.29 is 9.47 Å². The molecule has 2 aliphatic heterocycles. The molecule has 0 fully saturated rings. The lowest BCUT2D eigenvalue weighted by Crippen LogP contribution is -2.26. The Morgan fingerprint density at radius 1 is 1.19 bits per heavy atom. The summed E-state index contributed by atoms with van der Waals surface area (Å²) >= 11 is 0. The third kappa shape index (κ3) is 3.36. The van der Waals surface area contributed by atoms with E-state index in [0.717, 1.165) is 49.7 Å². The Balaban J connectivity index is 1.80. The van der Waals surface area contributed by atoms with Gasteiger partial charge in [0.1, 0.15) is 11.5 Å². The molecule has 142 valence electrons. The quantitative estimate of drug-likeness (QED) is 0.824. The van der Waals surface area contributed by atoms with Crippen molar-refractivity contribution in [3.63, 3.8) is 0 Å². The van der Waals surface area contributed by atoms with Gasteiger partial charge in [0.25, 0.3) is 0 Å². The van der Waals surface area contributed by atoms with Crippen LogP contribution in [0.3, 0.4) is 0 Å². The van der Waals surface area contributed by atoms with Crippen molar-refractivity contribution in [1.29, 1.82) is 0 Å². The number of rotatable bonds is 5. The topological polar surface area (TPSA) is 33.7 Å². The van der Waals surface area contributed by atoms with E-state index in [1.165, 1.54) is 34.4 Å². The second-order valence-electron chi connectivity index (χ2n) is 7.29. The zero-order valence-corrected chi connectivity index (χ0v) is 16.5. The Morgan fingerprint density at radius 2 is 2.00 bits per heavy atom. The average Bonchev–Trinajstić information content (AvgIpc) is 2.72. The van der Waals surface area contributed by atoms with Gasteiger partial charge in [-0.25, -0.2) is 0 Å². The lowest BCUT2D eigenvalue weighted by Gasteiger charge is -2.33. The largest absolute Gasteiger partial charge is 0.497 e. The molecule has 0 radical (unpaired) electrons. The molecule has 4 rings (SSSR count). The second-order valence-corrected chi connectivity index (χ2v) is 7.29. The van der Waals surface area contributed by atoms with Crippen LogP contribution in [0.1, 0.15) is 36.5 Å². The second kappa shape index (κ2) is 7.55. The first-order valence-electron chi connectivity index (χ1n) is 9.84. The van der Waals surface area contributed by atoms with Gasteiger partial charge in [-0.2, -0.15) is 0 Å². The van der Waals surface area contributed by atoms with E-state index >= 15 is 0 Å². The van der Waals surface area contributed by atoms with Gasteiger partial charge in [-0.3, -0.25) is 0 Å². The predicted molar refractivity (Wildman–Crippen MR) is 113 cm³/mol. The molecular formula is C23H28N2O2. The van der Waals surface area contributed by atoms with Crippen molar-refractivity contribution >= 4 is 23.0 Å². The van der Waals surface area contributed by atoms with Gasteiger partial charge in [-0.05, 0) is 54.2 Å². The average molecular weight is 364 g/mol. The van der Waals surface area contributed by atoms with E-state index in [9.17, 15) is 0 Å². The van der Waals surface area contributed by atoms with Gasteiger partial charge in [0, 0.05) is 37.5 Å². The summed E-state index contributed by atoms with van der Waals surface area (Å²) in [5.74, 6) is 1.86. The van der Waals surface area contributed by atoms with Crippen LogP contribution in [0.5, 0.6) is 11.5 Å². The van der Waals surface area contributed by atoms with Crippen molar-refractivity contribution in [2.75, 3.05) is 44.1 Å². The minimum Gasteiger partial charge on any atom is -0.497 e. The van der Waals surface area contributed by atoms with Crippen LogP contribution in [-0.4, -0.2) is 33.9 Å². The molecule has 0 amide bonds. The molecule has 0 aliphatic carbocycles. The van der Waals surface area contributed by atoms with Crippen LogP contribution in [0.15, 0.2) is 30.3 Å². The van der Waals surface area contributed by atoms with Crippen molar-refractivity contribution in [2.45, 2.75) is 26.2 Å². The molecule has 2 heterocycles. The van der Waals surface area contributed by atoms with Gasteiger partial charge in [0.15, 0.2) is 0 Å². The fraction of sp³-hybridized carbons (Fsp3) is 0.391. The fourth-order valence-electron chi connectivity index (χ4n) is 3.99. The maximum absolute atomic E-state index is 6.10. The lowest BCUT2D eigenvalue weighted by molar-refractivity contribution is 0.318. The highest BCUT2D eigenvalue weighted by molar-refractivity contribution is 5.95. The number of hydrogen-bond acceptors (Lipinski definition) is 4. The summed E-state index contributed by atoms with van der Waals surface area (Å²) in [6, 6.07) is 10.5. The molecule has 0 atom stereocenters. The van der Waals surface area contributed by atoms with Gasteiger partial charge >= 0.3 is 0 Å². The van der Waals surface area contributed by atoms with Crippen molar-refractivity contribution in [1.82, 2.24) is 0 Å². The smallest absolute Gasteiger partial charge is 0.145 e. The number of nitrogens with one attached hydrogen (secondary N) is 1. The standard InChI is InChI=1S/C23H28N2O2/c1-4-12-27-22-14-21-19(6-5-11-25(21)2)20-13-17(15-24-23(20)22)16-7-9-18(26-3)10-8-16/h7-10,13-14,24H,4-6,11-12,15H2,1-3H3. The lowest BCUT2D eigenvalue weighted by atomic mass is 9.90. The highest BCUT2D eigenvalue weighted by Gasteiger charge is 2.25. The maximum Gasteiger partial charge on any atom is 0.145 e. The number of benzene rings is 2. The Kier molecular flexibility index (Phi) is 4.97. The van der Waals surface area contributed by atoms with Crippen LogP contribution in [-0.2, 0) is 6.42 Å². The highest BCUT2D eigenvalue weighted by atomic mass is 16.5. The van der Waals surface area contributed by atoms with Gasteiger partial charge in [0.05, 0.1) is 19.4 Å². The van der Waals surface area contributed by atoms with E-state index in [4.69, 9.17) is 9.47 Å². The number of nitrogens with zero attached hydrogens (tertiary/aromatic N) is 1. The molecule has 2 aromatic carbocycles. The minimum absolute atomic E-state index is 0.742. The van der Waals surface area contributed by atoms with Gasteiger partial charge in [-0.15, -0.1) is 0 Å². The van der Waals surface area contributed by atoms with Gasteiger partial charge < -0.3 is 19.7 Å². The van der Waals surface area contributed by atoms with Gasteiger partial charge in [0.2, 0.25) is 0 Å². The molecule has 4 nitrogen and oxygen atoms in total. The molecule has 1 N–H and O–H groups in total. The zero-order chi connectivity index (χ0) is 18.8. The first-order chi connectivity index (χ1) is 13.2. The first-order valence-corrected chi connectivity index (χ1v) is 9.84. The summed E-state index contributed by atoms with van der Waals surface area (Å²) in [5, 5.41) is 3.64. The molecule has 0 spiro atoms. The summed E-state index contributed by atoms with van der Waals surface area (Å²) in [5.41, 5.74) is 7.71. The van der Waals surface area contributed by atoms with E-state index in [0.29, 0.717) is 0 Å². The minimum atomic E-state index is 0.742. The number of methoxy groups -OCH3 is 1. The molecule has 0 bridgehead atoms. The van der Waals surface area contributed by atoms with Crippen LogP contribution in [0, 0.1) is 0 Å². The number of ether oxygens (including phenoxy) is 2. The normalized spacial score (nSPS) is 15.4. The summed E-state index contributed by atoms with van der Waals surface area (Å²) in [4.78, 5) is 2.35. The predicted octanol–water partition coefficient (Wildman–Crippen LogP) is 4.83. The van der Waals surface area contributed by atoms with E-state index in [1.807, 2.05) is 12.1 Å². The molecule has 27 heavy (non-hydrogen) atoms. The Bertz CT molecular complexity index is 856. The number of anilines is 2. The van der Waals surface area contributed by atoms with E-state index in [-0.39, 0.29) is 0 Å². The molecular weight excluding hydrogens is 336 g/mol. The Hall–Kier alpha value is -2.62. The molecule has 4 heteroatoms. The van der Waals surface area contributed by atoms with Crippen LogP contribution in [0.4, 0.5) is 11.4 Å². The van der Waals surface area contributed by atoms with E-state index in [2.05, 4.69) is 48.5 Å². The third-order valence-electron chi connectivity index (χ3n) is 5.45. The molecule has 2 aromatic rings. The Morgan fingerprint density at radius 3 is 2.74 bits per heavy atom. The van der Waals surface area contributed by atoms with Crippen LogP contribution in [0.25, 0.3) is 11.6 Å². The van der Waals surface area contributed by atoms with Gasteiger partial charge in [-0.1, -0.05) is 19.1 Å². The third-order valence-corrected chi connectivity index (χ3v) is 5.45. The number of fused-ring (bicyclic) bond motifs is 3. The highest BCUT2D eigenvalue weighted by Crippen LogP contribution is 2.44. The monoisotopic (exact) mass is 364 g/mol. The maximum atomic E-state index is 6.10. The Labute approximate surface area is 161 Å². The fourth-order valence-corrected chi connectivity index (χ4v) is 3.99. The summed E-state index contributed by atoms with van der Waals surface area (Å²) < 4.78 is 11.4.